The van der Waals surface area contributed by atoms with Gasteiger partial charge in [-0.15, -0.1) is 0 Å². The number of carbonyl (C=O) groups excluding carboxylic acids is 2. The average molecular weight is 492 g/mol. The van der Waals surface area contributed by atoms with E-state index in [0.29, 0.717) is 34.9 Å². The van der Waals surface area contributed by atoms with Gasteiger partial charge in [0, 0.05) is 11.3 Å². The maximum Gasteiger partial charge on any atom is 0.257 e. The Morgan fingerprint density at radius 3 is 2.34 bits per heavy atom. The second kappa shape index (κ2) is 12.5. The summed E-state index contributed by atoms with van der Waals surface area (Å²) in [6.07, 6.45) is 0.900. The fourth-order valence-corrected chi connectivity index (χ4v) is 3.35. The molecule has 3 N–H and O–H groups in total. The van der Waals surface area contributed by atoms with Gasteiger partial charge in [0.15, 0.2) is 5.11 Å². The summed E-state index contributed by atoms with van der Waals surface area (Å²) in [5.41, 5.74) is 1.89. The van der Waals surface area contributed by atoms with Crippen LogP contribution in [0.4, 0.5) is 11.4 Å². The van der Waals surface area contributed by atoms with Crippen LogP contribution in [0.1, 0.15) is 47.9 Å². The lowest BCUT2D eigenvalue weighted by Gasteiger charge is -2.15. The van der Waals surface area contributed by atoms with Crippen LogP contribution in [-0.2, 0) is 0 Å². The van der Waals surface area contributed by atoms with Gasteiger partial charge in [-0.1, -0.05) is 25.1 Å². The van der Waals surface area contributed by atoms with Crippen molar-refractivity contribution in [2.45, 2.75) is 33.3 Å². The molecule has 0 radical (unpaired) electrons. The standard InChI is InChI=1S/C27H29N3O4S/c1-4-18(3)34-22-10-8-9-19(17-22)25(31)30-27(35)29-24-12-7-6-11-23(24)26(32)28-20-13-15-21(16-14-20)33-5-2/h6-18H,4-5H2,1-3H3,(H,28,32)(H2,29,30,31,35). The normalized spacial score (nSPS) is 11.2. The molecule has 0 aliphatic rings. The van der Waals surface area contributed by atoms with Crippen LogP contribution in [0.2, 0.25) is 0 Å². The second-order valence-electron chi connectivity index (χ2n) is 7.73. The van der Waals surface area contributed by atoms with Crippen molar-refractivity contribution in [3.8, 4) is 11.5 Å². The molecule has 0 saturated carbocycles. The quantitative estimate of drug-likeness (QED) is 0.336. The predicted molar refractivity (Wildman–Crippen MR) is 143 cm³/mol. The summed E-state index contributed by atoms with van der Waals surface area (Å²) in [5.74, 6) is 0.641. The second-order valence-corrected chi connectivity index (χ2v) is 8.14. The molecule has 0 bridgehead atoms. The minimum atomic E-state index is -0.381. The van der Waals surface area contributed by atoms with Crippen molar-refractivity contribution in [3.63, 3.8) is 0 Å². The molecule has 182 valence electrons. The molecular formula is C27H29N3O4S. The number of hydrogen-bond donors (Lipinski definition) is 3. The summed E-state index contributed by atoms with van der Waals surface area (Å²) < 4.78 is 11.2. The van der Waals surface area contributed by atoms with Crippen LogP contribution in [0.3, 0.4) is 0 Å². The largest absolute Gasteiger partial charge is 0.494 e. The van der Waals surface area contributed by atoms with Crippen molar-refractivity contribution in [2.24, 2.45) is 0 Å². The number of amides is 2. The van der Waals surface area contributed by atoms with Crippen molar-refractivity contribution in [1.29, 1.82) is 0 Å². The number of thiocarbonyl (C=S) groups is 1. The third-order valence-electron chi connectivity index (χ3n) is 5.08. The molecule has 0 aliphatic carbocycles. The van der Waals surface area contributed by atoms with Crippen LogP contribution in [0.25, 0.3) is 0 Å². The Kier molecular flexibility index (Phi) is 9.20. The predicted octanol–water partition coefficient (Wildman–Crippen LogP) is 5.64. The summed E-state index contributed by atoms with van der Waals surface area (Å²) in [7, 11) is 0. The Balaban J connectivity index is 1.64. The zero-order valence-corrected chi connectivity index (χ0v) is 20.8. The molecule has 3 aromatic rings. The van der Waals surface area contributed by atoms with E-state index in [1.165, 1.54) is 0 Å². The summed E-state index contributed by atoms with van der Waals surface area (Å²) in [4.78, 5) is 25.6. The zero-order valence-electron chi connectivity index (χ0n) is 20.0. The number of rotatable bonds is 9. The van der Waals surface area contributed by atoms with E-state index in [1.807, 2.05) is 20.8 Å². The van der Waals surface area contributed by atoms with E-state index < -0.39 is 0 Å². The van der Waals surface area contributed by atoms with Crippen LogP contribution < -0.4 is 25.4 Å². The molecule has 8 heteroatoms. The smallest absolute Gasteiger partial charge is 0.257 e. The van der Waals surface area contributed by atoms with Crippen molar-refractivity contribution in [3.05, 3.63) is 83.9 Å². The molecule has 1 atom stereocenters. The first kappa shape index (κ1) is 25.7. The summed E-state index contributed by atoms with van der Waals surface area (Å²) in [5, 5.41) is 8.53. The van der Waals surface area contributed by atoms with E-state index in [4.69, 9.17) is 21.7 Å². The molecule has 3 aromatic carbocycles. The molecule has 7 nitrogen and oxygen atoms in total. The fourth-order valence-electron chi connectivity index (χ4n) is 3.14. The highest BCUT2D eigenvalue weighted by molar-refractivity contribution is 7.80. The average Bonchev–Trinajstić information content (AvgIpc) is 2.85. The lowest BCUT2D eigenvalue weighted by atomic mass is 10.1. The van der Waals surface area contributed by atoms with Crippen LogP contribution in [0.15, 0.2) is 72.8 Å². The van der Waals surface area contributed by atoms with Gasteiger partial charge in [0.1, 0.15) is 11.5 Å². The number of anilines is 2. The zero-order chi connectivity index (χ0) is 25.2. The van der Waals surface area contributed by atoms with Gasteiger partial charge in [-0.25, -0.2) is 0 Å². The van der Waals surface area contributed by atoms with E-state index in [1.54, 1.807) is 72.8 Å². The van der Waals surface area contributed by atoms with E-state index in [-0.39, 0.29) is 23.0 Å². The first-order chi connectivity index (χ1) is 16.9. The van der Waals surface area contributed by atoms with Crippen LogP contribution >= 0.6 is 12.2 Å². The van der Waals surface area contributed by atoms with E-state index in [2.05, 4.69) is 16.0 Å². The van der Waals surface area contributed by atoms with Gasteiger partial charge in [-0.05, 0) is 87.1 Å². The van der Waals surface area contributed by atoms with Crippen LogP contribution in [-0.4, -0.2) is 29.6 Å². The minimum Gasteiger partial charge on any atom is -0.494 e. The molecule has 0 aliphatic heterocycles. The number of para-hydroxylation sites is 1. The summed E-state index contributed by atoms with van der Waals surface area (Å²) >= 11 is 5.33. The van der Waals surface area contributed by atoms with Gasteiger partial charge < -0.3 is 20.1 Å². The van der Waals surface area contributed by atoms with Gasteiger partial charge in [-0.3, -0.25) is 14.9 Å². The van der Waals surface area contributed by atoms with Gasteiger partial charge in [0.05, 0.1) is 24.0 Å². The molecular weight excluding hydrogens is 462 g/mol. The first-order valence-corrected chi connectivity index (χ1v) is 11.8. The lowest BCUT2D eigenvalue weighted by molar-refractivity contribution is 0.0975. The molecule has 0 fully saturated rings. The van der Waals surface area contributed by atoms with Crippen molar-refractivity contribution in [2.75, 3.05) is 17.2 Å². The molecule has 1 unspecified atom stereocenters. The van der Waals surface area contributed by atoms with Gasteiger partial charge in [0.2, 0.25) is 0 Å². The number of ether oxygens (including phenoxy) is 2. The van der Waals surface area contributed by atoms with E-state index >= 15 is 0 Å². The minimum absolute atomic E-state index is 0.0429. The molecule has 0 heterocycles. The van der Waals surface area contributed by atoms with Gasteiger partial charge in [-0.2, -0.15) is 0 Å². The Morgan fingerprint density at radius 1 is 0.886 bits per heavy atom. The number of nitrogens with one attached hydrogen (secondary N) is 3. The highest BCUT2D eigenvalue weighted by Gasteiger charge is 2.15. The number of benzene rings is 3. The Labute approximate surface area is 210 Å². The molecule has 3 rings (SSSR count). The van der Waals surface area contributed by atoms with Gasteiger partial charge >= 0.3 is 0 Å². The number of carbonyl (C=O) groups is 2. The highest BCUT2D eigenvalue weighted by Crippen LogP contribution is 2.20. The monoisotopic (exact) mass is 491 g/mol. The fraction of sp³-hybridized carbons (Fsp3) is 0.222. The van der Waals surface area contributed by atoms with Crippen molar-refractivity contribution in [1.82, 2.24) is 5.32 Å². The molecule has 0 saturated heterocycles. The Morgan fingerprint density at radius 2 is 1.63 bits per heavy atom. The third kappa shape index (κ3) is 7.55. The van der Waals surface area contributed by atoms with Crippen molar-refractivity contribution < 1.29 is 19.1 Å². The Bertz CT molecular complexity index is 1180. The van der Waals surface area contributed by atoms with Crippen molar-refractivity contribution >= 4 is 40.5 Å². The number of hydrogen-bond acceptors (Lipinski definition) is 5. The van der Waals surface area contributed by atoms with Gasteiger partial charge in [0.25, 0.3) is 11.8 Å². The third-order valence-corrected chi connectivity index (χ3v) is 5.28. The summed E-state index contributed by atoms with van der Waals surface area (Å²) in [6.45, 7) is 6.47. The maximum atomic E-state index is 12.9. The highest BCUT2D eigenvalue weighted by atomic mass is 32.1. The molecule has 2 amide bonds. The molecule has 0 spiro atoms. The van der Waals surface area contributed by atoms with E-state index in [9.17, 15) is 9.59 Å². The molecule has 35 heavy (non-hydrogen) atoms. The SMILES string of the molecule is CCOc1ccc(NC(=O)c2ccccc2NC(=S)NC(=O)c2cccc(OC(C)CC)c2)cc1. The maximum absolute atomic E-state index is 12.9. The van der Waals surface area contributed by atoms with E-state index in [0.717, 1.165) is 12.2 Å². The lowest BCUT2D eigenvalue weighted by Crippen LogP contribution is -2.34. The van der Waals surface area contributed by atoms with Crippen LogP contribution in [0.5, 0.6) is 11.5 Å². The topological polar surface area (TPSA) is 88.7 Å². The molecule has 0 aromatic heterocycles. The first-order valence-electron chi connectivity index (χ1n) is 11.4. The summed E-state index contributed by atoms with van der Waals surface area (Å²) in [6, 6.07) is 20.9. The Hall–Kier alpha value is -3.91. The van der Waals surface area contributed by atoms with Crippen LogP contribution in [0, 0.1) is 0 Å².